The van der Waals surface area contributed by atoms with Crippen LogP contribution in [-0.4, -0.2) is 48.9 Å². The van der Waals surface area contributed by atoms with E-state index in [1.807, 2.05) is 36.2 Å². The Balaban J connectivity index is 2.05. The number of likely N-dealkylation sites (tertiary alicyclic amines) is 1. The first-order chi connectivity index (χ1) is 9.11. The van der Waals surface area contributed by atoms with Crippen molar-refractivity contribution in [2.75, 3.05) is 27.2 Å². The second-order valence-electron chi connectivity index (χ2n) is 5.38. The lowest BCUT2D eigenvalue weighted by Gasteiger charge is -2.35. The van der Waals surface area contributed by atoms with Crippen molar-refractivity contribution < 1.29 is 4.79 Å². The molecule has 2 N–H and O–H groups in total. The van der Waals surface area contributed by atoms with Gasteiger partial charge >= 0.3 is 0 Å². The standard InChI is InChI=1S/C15H23N3O/c1-17-9-3-4-14(11-17)18(2)15(19)13-7-5-12(10-16)6-8-13/h5-8,14H,3-4,9-11,16H2,1-2H3. The van der Waals surface area contributed by atoms with Crippen molar-refractivity contribution in [1.29, 1.82) is 0 Å². The Hall–Kier alpha value is -1.39. The highest BCUT2D eigenvalue weighted by Crippen LogP contribution is 2.16. The lowest BCUT2D eigenvalue weighted by Crippen LogP contribution is -2.47. The average molecular weight is 261 g/mol. The van der Waals surface area contributed by atoms with E-state index >= 15 is 0 Å². The van der Waals surface area contributed by atoms with Gasteiger partial charge in [0.2, 0.25) is 0 Å². The van der Waals surface area contributed by atoms with Gasteiger partial charge in [-0.25, -0.2) is 0 Å². The summed E-state index contributed by atoms with van der Waals surface area (Å²) in [5.74, 6) is 0.101. The summed E-state index contributed by atoms with van der Waals surface area (Å²) in [5.41, 5.74) is 7.36. The first-order valence-electron chi connectivity index (χ1n) is 6.86. The minimum atomic E-state index is 0.101. The summed E-state index contributed by atoms with van der Waals surface area (Å²) in [7, 11) is 4.02. The molecule has 0 aliphatic carbocycles. The highest BCUT2D eigenvalue weighted by Gasteiger charge is 2.24. The van der Waals surface area contributed by atoms with Gasteiger partial charge in [0.15, 0.2) is 0 Å². The number of benzene rings is 1. The molecule has 0 spiro atoms. The van der Waals surface area contributed by atoms with Gasteiger partial charge in [0, 0.05) is 31.7 Å². The summed E-state index contributed by atoms with van der Waals surface area (Å²) in [5, 5.41) is 0. The second-order valence-corrected chi connectivity index (χ2v) is 5.38. The number of piperidine rings is 1. The van der Waals surface area contributed by atoms with Gasteiger partial charge in [0.1, 0.15) is 0 Å². The van der Waals surface area contributed by atoms with Crippen LogP contribution in [0.1, 0.15) is 28.8 Å². The van der Waals surface area contributed by atoms with E-state index in [4.69, 9.17) is 5.73 Å². The molecule has 2 rings (SSSR count). The molecule has 1 aromatic carbocycles. The molecule has 1 saturated heterocycles. The highest BCUT2D eigenvalue weighted by molar-refractivity contribution is 5.94. The van der Waals surface area contributed by atoms with Crippen LogP contribution in [0.25, 0.3) is 0 Å². The fourth-order valence-electron chi connectivity index (χ4n) is 2.61. The van der Waals surface area contributed by atoms with Crippen molar-refractivity contribution in [2.24, 2.45) is 5.73 Å². The van der Waals surface area contributed by atoms with E-state index in [0.717, 1.165) is 37.1 Å². The van der Waals surface area contributed by atoms with Crippen LogP contribution in [0.5, 0.6) is 0 Å². The zero-order valence-electron chi connectivity index (χ0n) is 11.8. The van der Waals surface area contributed by atoms with Crippen molar-refractivity contribution in [3.63, 3.8) is 0 Å². The van der Waals surface area contributed by atoms with E-state index in [1.54, 1.807) is 0 Å². The Kier molecular flexibility index (Phi) is 4.56. The quantitative estimate of drug-likeness (QED) is 0.892. The number of nitrogens with zero attached hydrogens (tertiary/aromatic N) is 2. The smallest absolute Gasteiger partial charge is 0.253 e. The van der Waals surface area contributed by atoms with Gasteiger partial charge in [-0.2, -0.15) is 0 Å². The fourth-order valence-corrected chi connectivity index (χ4v) is 2.61. The van der Waals surface area contributed by atoms with E-state index in [2.05, 4.69) is 11.9 Å². The summed E-state index contributed by atoms with van der Waals surface area (Å²) in [6, 6.07) is 7.91. The van der Waals surface area contributed by atoms with Crippen LogP contribution < -0.4 is 5.73 Å². The number of hydrogen-bond acceptors (Lipinski definition) is 3. The normalized spacial score (nSPS) is 20.3. The molecular formula is C15H23N3O. The van der Waals surface area contributed by atoms with Crippen LogP contribution in [0.2, 0.25) is 0 Å². The number of likely N-dealkylation sites (N-methyl/N-ethyl adjacent to an activating group) is 2. The van der Waals surface area contributed by atoms with Gasteiger partial charge in [-0.05, 0) is 44.1 Å². The van der Waals surface area contributed by atoms with Crippen molar-refractivity contribution in [3.8, 4) is 0 Å². The summed E-state index contributed by atoms with van der Waals surface area (Å²) < 4.78 is 0. The molecule has 1 aliphatic heterocycles. The van der Waals surface area contributed by atoms with E-state index < -0.39 is 0 Å². The van der Waals surface area contributed by atoms with Crippen LogP contribution in [0, 0.1) is 0 Å². The zero-order chi connectivity index (χ0) is 13.8. The van der Waals surface area contributed by atoms with E-state index in [-0.39, 0.29) is 5.91 Å². The maximum absolute atomic E-state index is 12.4. The third kappa shape index (κ3) is 3.33. The van der Waals surface area contributed by atoms with Gasteiger partial charge in [-0.1, -0.05) is 12.1 Å². The maximum atomic E-state index is 12.4. The predicted octanol–water partition coefficient (Wildman–Crippen LogP) is 1.31. The third-order valence-corrected chi connectivity index (χ3v) is 3.90. The second kappa shape index (κ2) is 6.17. The predicted molar refractivity (Wildman–Crippen MR) is 76.9 cm³/mol. The first-order valence-corrected chi connectivity index (χ1v) is 6.86. The SMILES string of the molecule is CN1CCCC(N(C)C(=O)c2ccc(CN)cc2)C1. The molecule has 104 valence electrons. The van der Waals surface area contributed by atoms with E-state index in [0.29, 0.717) is 12.6 Å². The topological polar surface area (TPSA) is 49.6 Å². The third-order valence-electron chi connectivity index (χ3n) is 3.90. The molecule has 4 nitrogen and oxygen atoms in total. The van der Waals surface area contributed by atoms with Crippen molar-refractivity contribution in [3.05, 3.63) is 35.4 Å². The van der Waals surface area contributed by atoms with Crippen LogP contribution in [-0.2, 0) is 6.54 Å². The van der Waals surface area contributed by atoms with Crippen molar-refractivity contribution in [2.45, 2.75) is 25.4 Å². The lowest BCUT2D eigenvalue weighted by molar-refractivity contribution is 0.0644. The molecule has 1 amide bonds. The number of rotatable bonds is 3. The van der Waals surface area contributed by atoms with Crippen LogP contribution >= 0.6 is 0 Å². The van der Waals surface area contributed by atoms with Crippen molar-refractivity contribution >= 4 is 5.91 Å². The summed E-state index contributed by atoms with van der Waals surface area (Å²) >= 11 is 0. The lowest BCUT2D eigenvalue weighted by atomic mass is 10.0. The maximum Gasteiger partial charge on any atom is 0.253 e. The molecule has 0 saturated carbocycles. The molecule has 1 heterocycles. The molecule has 1 aliphatic rings. The molecular weight excluding hydrogens is 238 g/mol. The fraction of sp³-hybridized carbons (Fsp3) is 0.533. The number of amides is 1. The van der Waals surface area contributed by atoms with Gasteiger partial charge in [-0.15, -0.1) is 0 Å². The molecule has 0 bridgehead atoms. The monoisotopic (exact) mass is 261 g/mol. The van der Waals surface area contributed by atoms with Gasteiger partial charge in [-0.3, -0.25) is 4.79 Å². The Morgan fingerprint density at radius 3 is 2.68 bits per heavy atom. The molecule has 1 fully saturated rings. The van der Waals surface area contributed by atoms with Crippen LogP contribution in [0.4, 0.5) is 0 Å². The number of carbonyl (C=O) groups is 1. The molecule has 1 aromatic rings. The zero-order valence-corrected chi connectivity index (χ0v) is 11.8. The average Bonchev–Trinajstić information content (AvgIpc) is 2.46. The molecule has 19 heavy (non-hydrogen) atoms. The van der Waals surface area contributed by atoms with Crippen LogP contribution in [0.15, 0.2) is 24.3 Å². The van der Waals surface area contributed by atoms with Crippen molar-refractivity contribution in [1.82, 2.24) is 9.80 Å². The Bertz CT molecular complexity index is 430. The van der Waals surface area contributed by atoms with Crippen LogP contribution in [0.3, 0.4) is 0 Å². The number of nitrogens with two attached hydrogens (primary N) is 1. The summed E-state index contributed by atoms with van der Waals surface area (Å²) in [6.07, 6.45) is 2.25. The van der Waals surface area contributed by atoms with E-state index in [9.17, 15) is 4.79 Å². The first kappa shape index (κ1) is 14.0. The number of hydrogen-bond donors (Lipinski definition) is 1. The Morgan fingerprint density at radius 2 is 2.11 bits per heavy atom. The minimum absolute atomic E-state index is 0.101. The van der Waals surface area contributed by atoms with E-state index in [1.165, 1.54) is 0 Å². The Morgan fingerprint density at radius 1 is 1.42 bits per heavy atom. The molecule has 0 aromatic heterocycles. The largest absolute Gasteiger partial charge is 0.337 e. The van der Waals surface area contributed by atoms with Gasteiger partial charge in [0.25, 0.3) is 5.91 Å². The molecule has 4 heteroatoms. The minimum Gasteiger partial charge on any atom is -0.337 e. The van der Waals surface area contributed by atoms with Gasteiger partial charge < -0.3 is 15.5 Å². The van der Waals surface area contributed by atoms with Gasteiger partial charge in [0.05, 0.1) is 0 Å². The molecule has 0 radical (unpaired) electrons. The summed E-state index contributed by atoms with van der Waals surface area (Å²) in [4.78, 5) is 16.6. The highest BCUT2D eigenvalue weighted by atomic mass is 16.2. The number of carbonyl (C=O) groups excluding carboxylic acids is 1. The molecule has 1 atom stereocenters. The Labute approximate surface area is 115 Å². The molecule has 1 unspecified atom stereocenters. The summed E-state index contributed by atoms with van der Waals surface area (Å²) in [6.45, 7) is 2.60.